The molecule has 3 aliphatic rings. The monoisotopic (exact) mass is 758 g/mol. The van der Waals surface area contributed by atoms with Crippen molar-refractivity contribution in [3.8, 4) is 17.2 Å². The molecule has 10 nitrogen and oxygen atoms in total. The molecule has 0 spiro atoms. The van der Waals surface area contributed by atoms with Crippen molar-refractivity contribution in [1.29, 1.82) is 0 Å². The Morgan fingerprint density at radius 2 is 1.71 bits per heavy atom. The standard InChI is InChI=1S/C38H37Cl2F2N3O7/c1-48-31-6-4-3-5-30(31)45(38(47)52-35-22-44-15-13-24(35)14-16-44)21-23-7-9-25(10-8-23)36(46)50-33(18-27-28(39)19-43-20-29(27)40)26-11-12-32(51-37(41)42)34(17-26)49-2/h3-12,17,19-20,24,33,35,37H,13-16,18,21-22H2,1-2H3/t33-,35-/m0/s1/i2D3. The van der Waals surface area contributed by atoms with Crippen LogP contribution in [0.4, 0.5) is 19.3 Å². The molecule has 1 amide bonds. The highest BCUT2D eigenvalue weighted by Crippen LogP contribution is 2.37. The van der Waals surface area contributed by atoms with Gasteiger partial charge in [0.05, 0.1) is 46.1 Å². The van der Waals surface area contributed by atoms with Crippen LogP contribution < -0.4 is 19.1 Å². The normalized spacial score (nSPS) is 19.5. The summed E-state index contributed by atoms with van der Waals surface area (Å²) in [5.41, 5.74) is 1.85. The Morgan fingerprint density at radius 3 is 2.37 bits per heavy atom. The van der Waals surface area contributed by atoms with Crippen LogP contribution in [0.5, 0.6) is 17.2 Å². The number of alkyl halides is 2. The van der Waals surface area contributed by atoms with Crippen LogP contribution >= 0.6 is 23.2 Å². The highest BCUT2D eigenvalue weighted by atomic mass is 35.5. The number of ether oxygens (including phenoxy) is 5. The molecule has 3 fully saturated rings. The van der Waals surface area contributed by atoms with Crippen molar-refractivity contribution in [1.82, 2.24) is 9.88 Å². The molecule has 4 heterocycles. The van der Waals surface area contributed by atoms with Crippen LogP contribution in [-0.2, 0) is 22.4 Å². The number of benzene rings is 3. The molecular formula is C38H37Cl2F2N3O7. The number of anilines is 1. The third-order valence-electron chi connectivity index (χ3n) is 9.23. The fourth-order valence-corrected chi connectivity index (χ4v) is 7.03. The number of para-hydroxylation sites is 2. The molecule has 0 unspecified atom stereocenters. The second-order valence-corrected chi connectivity index (χ2v) is 13.2. The maximum atomic E-state index is 13.8. The van der Waals surface area contributed by atoms with Crippen molar-refractivity contribution in [2.24, 2.45) is 5.92 Å². The Bertz CT molecular complexity index is 1970. The zero-order valence-corrected chi connectivity index (χ0v) is 29.5. The lowest BCUT2D eigenvalue weighted by atomic mass is 9.86. The predicted molar refractivity (Wildman–Crippen MR) is 191 cm³/mol. The van der Waals surface area contributed by atoms with E-state index < -0.39 is 43.3 Å². The highest BCUT2D eigenvalue weighted by Gasteiger charge is 2.38. The van der Waals surface area contributed by atoms with E-state index in [0.29, 0.717) is 35.0 Å². The molecule has 0 saturated carbocycles. The molecule has 3 aromatic carbocycles. The van der Waals surface area contributed by atoms with Gasteiger partial charge in [-0.3, -0.25) is 14.8 Å². The van der Waals surface area contributed by atoms with E-state index in [1.165, 1.54) is 42.6 Å². The van der Waals surface area contributed by atoms with E-state index in [4.69, 9.17) is 46.3 Å². The van der Waals surface area contributed by atoms with Crippen molar-refractivity contribution in [3.63, 3.8) is 0 Å². The molecule has 2 atom stereocenters. The minimum absolute atomic E-state index is 0.0939. The van der Waals surface area contributed by atoms with Gasteiger partial charge in [-0.15, -0.1) is 0 Å². The molecule has 4 aromatic rings. The zero-order chi connectivity index (χ0) is 39.3. The lowest BCUT2D eigenvalue weighted by Gasteiger charge is -2.44. The number of piperidine rings is 3. The van der Waals surface area contributed by atoms with Gasteiger partial charge in [-0.1, -0.05) is 53.5 Å². The highest BCUT2D eigenvalue weighted by molar-refractivity contribution is 6.35. The number of esters is 1. The summed E-state index contributed by atoms with van der Waals surface area (Å²) < 4.78 is 75.9. The van der Waals surface area contributed by atoms with Gasteiger partial charge in [0, 0.05) is 25.4 Å². The molecule has 3 aliphatic heterocycles. The average Bonchev–Trinajstić information content (AvgIpc) is 3.15. The second-order valence-electron chi connectivity index (χ2n) is 12.4. The molecule has 7 rings (SSSR count). The van der Waals surface area contributed by atoms with Crippen molar-refractivity contribution < 1.29 is 46.2 Å². The molecule has 274 valence electrons. The molecule has 0 aliphatic carbocycles. The number of pyridine rings is 1. The quantitative estimate of drug-likeness (QED) is 0.125. The summed E-state index contributed by atoms with van der Waals surface area (Å²) >= 11 is 12.8. The summed E-state index contributed by atoms with van der Waals surface area (Å²) in [5.74, 6) is -1.06. The maximum absolute atomic E-state index is 13.8. The number of carbonyl (C=O) groups excluding carboxylic acids is 2. The number of nitrogens with zero attached hydrogens (tertiary/aromatic N) is 3. The van der Waals surface area contributed by atoms with Crippen LogP contribution in [0, 0.1) is 5.92 Å². The summed E-state index contributed by atoms with van der Waals surface area (Å²) in [7, 11) is -1.50. The maximum Gasteiger partial charge on any atom is 0.415 e. The number of carbonyl (C=O) groups is 2. The fraction of sp³-hybridized carbons (Fsp3) is 0.342. The van der Waals surface area contributed by atoms with E-state index in [9.17, 15) is 18.4 Å². The molecule has 0 radical (unpaired) electrons. The number of amides is 1. The van der Waals surface area contributed by atoms with E-state index in [-0.39, 0.29) is 40.2 Å². The summed E-state index contributed by atoms with van der Waals surface area (Å²) in [6.07, 6.45) is 2.63. The summed E-state index contributed by atoms with van der Waals surface area (Å²) in [6.45, 7) is -0.490. The van der Waals surface area contributed by atoms with Crippen LogP contribution in [0.25, 0.3) is 0 Å². The molecule has 52 heavy (non-hydrogen) atoms. The van der Waals surface area contributed by atoms with Crippen LogP contribution in [0.1, 0.15) is 50.1 Å². The first-order valence-corrected chi connectivity index (χ1v) is 17.2. The number of hydrogen-bond donors (Lipinski definition) is 0. The van der Waals surface area contributed by atoms with Gasteiger partial charge >= 0.3 is 18.7 Å². The van der Waals surface area contributed by atoms with Gasteiger partial charge in [-0.2, -0.15) is 8.78 Å². The topological polar surface area (TPSA) is 99.7 Å². The number of aromatic nitrogens is 1. The average molecular weight is 760 g/mol. The molecule has 1 aromatic heterocycles. The van der Waals surface area contributed by atoms with Crippen molar-refractivity contribution >= 4 is 41.0 Å². The third kappa shape index (κ3) is 8.68. The molecule has 0 N–H and O–H groups in total. The molecule has 2 bridgehead atoms. The molecule has 3 saturated heterocycles. The van der Waals surface area contributed by atoms with E-state index in [1.807, 2.05) is 0 Å². The lowest BCUT2D eigenvalue weighted by molar-refractivity contribution is -0.0512. The first kappa shape index (κ1) is 33.2. The van der Waals surface area contributed by atoms with Crippen molar-refractivity contribution in [2.45, 2.75) is 44.6 Å². The minimum atomic E-state index is -3.27. The van der Waals surface area contributed by atoms with E-state index >= 15 is 0 Å². The van der Waals surface area contributed by atoms with Gasteiger partial charge < -0.3 is 23.7 Å². The van der Waals surface area contributed by atoms with Crippen LogP contribution in [0.2, 0.25) is 10.0 Å². The minimum Gasteiger partial charge on any atom is -0.495 e. The Labute approximate surface area is 314 Å². The first-order chi connectivity index (χ1) is 26.3. The van der Waals surface area contributed by atoms with Crippen molar-refractivity contribution in [3.05, 3.63) is 111 Å². The van der Waals surface area contributed by atoms with Gasteiger partial charge in [0.25, 0.3) is 0 Å². The van der Waals surface area contributed by atoms with Crippen LogP contribution in [-0.4, -0.2) is 68.4 Å². The Kier molecular flexibility index (Phi) is 10.7. The van der Waals surface area contributed by atoms with Crippen LogP contribution in [0.3, 0.4) is 0 Å². The van der Waals surface area contributed by atoms with Gasteiger partial charge in [-0.25, -0.2) is 9.59 Å². The summed E-state index contributed by atoms with van der Waals surface area (Å²) in [6, 6.07) is 17.1. The van der Waals surface area contributed by atoms with Crippen molar-refractivity contribution in [2.75, 3.05) is 38.7 Å². The number of hydrogen-bond acceptors (Lipinski definition) is 9. The SMILES string of the molecule is [2H]C([2H])([2H])Oc1cc([C@H](Cc2c(Cl)cncc2Cl)OC(=O)c2ccc(CN(C(=O)O[C@H]3CN4CCC3CC4)c3ccccc3OC)cc2)ccc1OC(F)F. The largest absolute Gasteiger partial charge is 0.495 e. The smallest absolute Gasteiger partial charge is 0.415 e. The molecule has 14 heteroatoms. The zero-order valence-electron chi connectivity index (χ0n) is 31.0. The molecular weight excluding hydrogens is 719 g/mol. The summed E-state index contributed by atoms with van der Waals surface area (Å²) in [5, 5.41) is 0.335. The number of halogens is 4. The predicted octanol–water partition coefficient (Wildman–Crippen LogP) is 8.39. The number of fused-ring (bicyclic) bond motifs is 3. The van der Waals surface area contributed by atoms with E-state index in [1.54, 1.807) is 36.4 Å². The van der Waals surface area contributed by atoms with Gasteiger partial charge in [0.15, 0.2) is 11.5 Å². The second kappa shape index (κ2) is 16.8. The van der Waals surface area contributed by atoms with Gasteiger partial charge in [0.1, 0.15) is 18.0 Å². The summed E-state index contributed by atoms with van der Waals surface area (Å²) in [4.78, 5) is 35.3. The Hall–Kier alpha value is -4.65. The first-order valence-electron chi connectivity index (χ1n) is 18.0. The Balaban J connectivity index is 1.25. The number of methoxy groups -OCH3 is 2. The number of rotatable bonds is 13. The lowest BCUT2D eigenvalue weighted by Crippen LogP contribution is -2.53. The third-order valence-corrected chi connectivity index (χ3v) is 9.88. The van der Waals surface area contributed by atoms with Crippen LogP contribution in [0.15, 0.2) is 79.1 Å². The Morgan fingerprint density at radius 1 is 0.981 bits per heavy atom. The fourth-order valence-electron chi connectivity index (χ4n) is 6.51. The van der Waals surface area contributed by atoms with E-state index in [0.717, 1.165) is 38.1 Å². The van der Waals surface area contributed by atoms with E-state index in [2.05, 4.69) is 14.6 Å². The van der Waals surface area contributed by atoms with Gasteiger partial charge in [0.2, 0.25) is 0 Å². The van der Waals surface area contributed by atoms with Gasteiger partial charge in [-0.05, 0) is 84.9 Å².